The Morgan fingerprint density at radius 1 is 0.882 bits per heavy atom. The zero-order valence-corrected chi connectivity index (χ0v) is 9.80. The largest absolute Gasteiger partial charge is 0.508 e. The first-order chi connectivity index (χ1) is 8.24. The van der Waals surface area contributed by atoms with Crippen LogP contribution in [0.3, 0.4) is 0 Å². The number of phenolic OH excluding ortho intramolecular Hbond substituents is 2. The van der Waals surface area contributed by atoms with Crippen LogP contribution in [0.25, 0.3) is 0 Å². The molecule has 2 aromatic carbocycles. The number of phenols is 2. The molecule has 0 spiro atoms. The maximum absolute atomic E-state index is 9.89. The Morgan fingerprint density at radius 3 is 2.00 bits per heavy atom. The molecule has 0 aliphatic carbocycles. The fourth-order valence-electron chi connectivity index (χ4n) is 2.19. The van der Waals surface area contributed by atoms with Crippen molar-refractivity contribution in [3.05, 3.63) is 59.7 Å². The molecule has 2 aromatic rings. The van der Waals surface area contributed by atoms with Crippen LogP contribution in [0.4, 0.5) is 0 Å². The van der Waals surface area contributed by atoms with Gasteiger partial charge in [-0.1, -0.05) is 43.3 Å². The van der Waals surface area contributed by atoms with E-state index in [1.54, 1.807) is 18.2 Å². The van der Waals surface area contributed by atoms with Gasteiger partial charge in [0.05, 0.1) is 0 Å². The molecule has 88 valence electrons. The summed E-state index contributed by atoms with van der Waals surface area (Å²) in [6.07, 6.45) is 0.829. The van der Waals surface area contributed by atoms with Crippen LogP contribution in [-0.2, 0) is 0 Å². The second-order valence-electron chi connectivity index (χ2n) is 4.08. The molecule has 0 saturated carbocycles. The van der Waals surface area contributed by atoms with Crippen LogP contribution in [-0.4, -0.2) is 10.2 Å². The van der Waals surface area contributed by atoms with Crippen molar-refractivity contribution in [1.29, 1.82) is 0 Å². The van der Waals surface area contributed by atoms with Crippen LogP contribution in [0.15, 0.2) is 48.5 Å². The molecule has 0 heterocycles. The summed E-state index contributed by atoms with van der Waals surface area (Å²) in [5.74, 6) is 0.332. The minimum atomic E-state index is 0.0254. The molecule has 0 fully saturated rings. The Balaban J connectivity index is 2.50. The van der Waals surface area contributed by atoms with Gasteiger partial charge >= 0.3 is 0 Å². The molecule has 2 heteroatoms. The highest BCUT2D eigenvalue weighted by molar-refractivity contribution is 5.49. The average molecular weight is 228 g/mol. The van der Waals surface area contributed by atoms with E-state index in [0.29, 0.717) is 5.56 Å². The molecule has 0 saturated heterocycles. The fourth-order valence-corrected chi connectivity index (χ4v) is 2.19. The average Bonchev–Trinajstić information content (AvgIpc) is 2.35. The first-order valence-electron chi connectivity index (χ1n) is 5.79. The highest BCUT2D eigenvalue weighted by atomic mass is 16.3. The molecule has 2 nitrogen and oxygen atoms in total. The van der Waals surface area contributed by atoms with E-state index < -0.39 is 0 Å². The van der Waals surface area contributed by atoms with Gasteiger partial charge in [0.1, 0.15) is 11.5 Å². The van der Waals surface area contributed by atoms with Crippen molar-refractivity contribution in [3.63, 3.8) is 0 Å². The smallest absolute Gasteiger partial charge is 0.123 e. The highest BCUT2D eigenvalue weighted by Gasteiger charge is 2.19. The lowest BCUT2D eigenvalue weighted by molar-refractivity contribution is 0.432. The van der Waals surface area contributed by atoms with Crippen LogP contribution in [0.1, 0.15) is 30.4 Å². The van der Waals surface area contributed by atoms with Crippen molar-refractivity contribution in [1.82, 2.24) is 0 Å². The van der Waals surface area contributed by atoms with E-state index in [1.807, 2.05) is 37.3 Å². The lowest BCUT2D eigenvalue weighted by Gasteiger charge is -2.18. The van der Waals surface area contributed by atoms with E-state index in [2.05, 4.69) is 0 Å². The van der Waals surface area contributed by atoms with E-state index in [4.69, 9.17) is 0 Å². The normalized spacial score (nSPS) is 12.3. The third-order valence-corrected chi connectivity index (χ3v) is 3.02. The number of hydrogen-bond acceptors (Lipinski definition) is 2. The molecular weight excluding hydrogens is 212 g/mol. The second kappa shape index (κ2) is 4.91. The molecule has 17 heavy (non-hydrogen) atoms. The third kappa shape index (κ3) is 2.26. The molecule has 0 aliphatic heterocycles. The van der Waals surface area contributed by atoms with Crippen LogP contribution in [0.5, 0.6) is 11.5 Å². The summed E-state index contributed by atoms with van der Waals surface area (Å²) < 4.78 is 0. The van der Waals surface area contributed by atoms with Crippen molar-refractivity contribution >= 4 is 0 Å². The van der Waals surface area contributed by atoms with Gasteiger partial charge in [0.2, 0.25) is 0 Å². The molecular formula is C15H16O2. The molecule has 0 radical (unpaired) electrons. The van der Waals surface area contributed by atoms with Gasteiger partial charge < -0.3 is 10.2 Å². The Morgan fingerprint density at radius 2 is 1.47 bits per heavy atom. The maximum Gasteiger partial charge on any atom is 0.123 e. The van der Waals surface area contributed by atoms with E-state index in [9.17, 15) is 10.2 Å². The molecule has 1 unspecified atom stereocenters. The Kier molecular flexibility index (Phi) is 3.33. The monoisotopic (exact) mass is 228 g/mol. The van der Waals surface area contributed by atoms with E-state index in [1.165, 1.54) is 0 Å². The predicted octanol–water partition coefficient (Wildman–Crippen LogP) is 3.64. The van der Waals surface area contributed by atoms with Gasteiger partial charge in [0, 0.05) is 11.5 Å². The number of aromatic hydroxyl groups is 2. The maximum atomic E-state index is 9.89. The first kappa shape index (κ1) is 11.5. The zero-order valence-electron chi connectivity index (χ0n) is 9.80. The Labute approximate surface area is 101 Å². The quantitative estimate of drug-likeness (QED) is 0.842. The van der Waals surface area contributed by atoms with Crippen molar-refractivity contribution in [2.75, 3.05) is 0 Å². The van der Waals surface area contributed by atoms with Crippen LogP contribution < -0.4 is 0 Å². The van der Waals surface area contributed by atoms with Gasteiger partial charge in [-0.25, -0.2) is 0 Å². The minimum absolute atomic E-state index is 0.0254. The Hall–Kier alpha value is -1.96. The third-order valence-electron chi connectivity index (χ3n) is 3.02. The summed E-state index contributed by atoms with van der Waals surface area (Å²) >= 11 is 0. The summed E-state index contributed by atoms with van der Waals surface area (Å²) in [5.41, 5.74) is 1.72. The first-order valence-corrected chi connectivity index (χ1v) is 5.79. The van der Waals surface area contributed by atoms with Crippen LogP contribution in [0, 0.1) is 0 Å². The van der Waals surface area contributed by atoms with Crippen molar-refractivity contribution in [2.45, 2.75) is 19.3 Å². The lowest BCUT2D eigenvalue weighted by atomic mass is 9.88. The Bertz CT molecular complexity index is 471. The number of rotatable bonds is 3. The molecule has 0 aliphatic rings. The van der Waals surface area contributed by atoms with Crippen LogP contribution >= 0.6 is 0 Å². The van der Waals surface area contributed by atoms with Gasteiger partial charge in [-0.15, -0.1) is 0 Å². The van der Waals surface area contributed by atoms with Crippen molar-refractivity contribution in [3.8, 4) is 11.5 Å². The molecule has 0 bridgehead atoms. The van der Waals surface area contributed by atoms with Gasteiger partial charge in [-0.3, -0.25) is 0 Å². The lowest BCUT2D eigenvalue weighted by Crippen LogP contribution is -2.00. The minimum Gasteiger partial charge on any atom is -0.508 e. The van der Waals surface area contributed by atoms with Crippen molar-refractivity contribution < 1.29 is 10.2 Å². The molecule has 0 amide bonds. The summed E-state index contributed by atoms with van der Waals surface area (Å²) in [4.78, 5) is 0. The summed E-state index contributed by atoms with van der Waals surface area (Å²) in [5, 5.41) is 19.8. The fraction of sp³-hybridized carbons (Fsp3) is 0.200. The van der Waals surface area contributed by atoms with Gasteiger partial charge in [0.25, 0.3) is 0 Å². The SMILES string of the molecule is CCC(c1ccccc1)c1c(O)cccc1O. The summed E-state index contributed by atoms with van der Waals surface area (Å²) in [6, 6.07) is 14.8. The van der Waals surface area contributed by atoms with E-state index in [-0.39, 0.29) is 17.4 Å². The topological polar surface area (TPSA) is 40.5 Å². The van der Waals surface area contributed by atoms with Crippen LogP contribution in [0.2, 0.25) is 0 Å². The molecule has 2 N–H and O–H groups in total. The van der Waals surface area contributed by atoms with E-state index >= 15 is 0 Å². The van der Waals surface area contributed by atoms with Crippen molar-refractivity contribution in [2.24, 2.45) is 0 Å². The molecule has 1 atom stereocenters. The van der Waals surface area contributed by atoms with E-state index in [0.717, 1.165) is 12.0 Å². The van der Waals surface area contributed by atoms with Gasteiger partial charge in [-0.2, -0.15) is 0 Å². The molecule has 2 rings (SSSR count). The van der Waals surface area contributed by atoms with Gasteiger partial charge in [0.15, 0.2) is 0 Å². The number of benzene rings is 2. The summed E-state index contributed by atoms with van der Waals surface area (Å²) in [7, 11) is 0. The predicted molar refractivity (Wildman–Crippen MR) is 68.3 cm³/mol. The number of hydrogen-bond donors (Lipinski definition) is 2. The zero-order chi connectivity index (χ0) is 12.3. The highest BCUT2D eigenvalue weighted by Crippen LogP contribution is 2.39. The molecule has 0 aromatic heterocycles. The summed E-state index contributed by atoms with van der Waals surface area (Å²) in [6.45, 7) is 2.05. The second-order valence-corrected chi connectivity index (χ2v) is 4.08. The standard InChI is InChI=1S/C15H16O2/c1-2-12(11-7-4-3-5-8-11)15-13(16)9-6-10-14(15)17/h3-10,12,16-17H,2H2,1H3. The van der Waals surface area contributed by atoms with Gasteiger partial charge in [-0.05, 0) is 24.1 Å².